The van der Waals surface area contributed by atoms with Gasteiger partial charge in [-0.25, -0.2) is 0 Å². The first-order valence-corrected chi connectivity index (χ1v) is 6.25. The normalized spacial score (nSPS) is 10.1. The number of rotatable bonds is 3. The van der Waals surface area contributed by atoms with Crippen LogP contribution >= 0.6 is 35.1 Å². The first-order chi connectivity index (χ1) is 7.74. The molecule has 2 aromatic rings. The van der Waals surface area contributed by atoms with Gasteiger partial charge >= 0.3 is 0 Å². The molecule has 0 amide bonds. The Kier molecular flexibility index (Phi) is 3.99. The summed E-state index contributed by atoms with van der Waals surface area (Å²) in [4.78, 5) is 1.10. The van der Waals surface area contributed by atoms with E-state index < -0.39 is 0 Å². The van der Waals surface area contributed by atoms with Gasteiger partial charge in [-0.3, -0.25) is 0 Å². The maximum absolute atomic E-state index is 5.88. The van der Waals surface area contributed by atoms with Gasteiger partial charge in [-0.15, -0.1) is 0 Å². The van der Waals surface area contributed by atoms with E-state index in [1.165, 1.54) is 11.9 Å². The van der Waals surface area contributed by atoms with Crippen molar-refractivity contribution in [1.29, 1.82) is 0 Å². The summed E-state index contributed by atoms with van der Waals surface area (Å²) in [6, 6.07) is 15.3. The molecule has 0 unspecified atom stereocenters. The Morgan fingerprint density at radius 1 is 0.875 bits per heavy atom. The van der Waals surface area contributed by atoms with E-state index in [2.05, 4.69) is 4.72 Å². The molecule has 0 spiro atoms. The molecule has 2 rings (SSSR count). The molecule has 0 aliphatic heterocycles. The second-order valence-electron chi connectivity index (χ2n) is 3.17. The molecule has 0 aromatic heterocycles. The lowest BCUT2D eigenvalue weighted by Gasteiger charge is -2.05. The second-order valence-corrected chi connectivity index (χ2v) is 4.92. The number of anilines is 1. The predicted octanol–water partition coefficient (Wildman–Crippen LogP) is 5.11. The Morgan fingerprint density at radius 3 is 2.31 bits per heavy atom. The Hall–Kier alpha value is -0.830. The standard InChI is InChI=1S/C12H9Cl2NS/c13-9-4-6-12(7-5-9)16-15-11-3-1-2-10(14)8-11/h1-8,15H. The van der Waals surface area contributed by atoms with Gasteiger partial charge in [-0.2, -0.15) is 0 Å². The van der Waals surface area contributed by atoms with Crippen molar-refractivity contribution >= 4 is 40.8 Å². The number of halogens is 2. The average Bonchev–Trinajstić information content (AvgIpc) is 2.28. The van der Waals surface area contributed by atoms with Crippen molar-refractivity contribution in [1.82, 2.24) is 0 Å². The smallest absolute Gasteiger partial charge is 0.0457 e. The summed E-state index contributed by atoms with van der Waals surface area (Å²) in [5.41, 5.74) is 0.979. The van der Waals surface area contributed by atoms with Crippen molar-refractivity contribution in [3.05, 3.63) is 58.6 Å². The van der Waals surface area contributed by atoms with E-state index in [1.54, 1.807) is 0 Å². The topological polar surface area (TPSA) is 12.0 Å². The summed E-state index contributed by atoms with van der Waals surface area (Å²) >= 11 is 13.2. The van der Waals surface area contributed by atoms with E-state index in [0.29, 0.717) is 0 Å². The fourth-order valence-electron chi connectivity index (χ4n) is 1.17. The molecule has 0 fully saturated rings. The highest BCUT2D eigenvalue weighted by Crippen LogP contribution is 2.24. The van der Waals surface area contributed by atoms with Crippen LogP contribution < -0.4 is 4.72 Å². The summed E-state index contributed by atoms with van der Waals surface area (Å²) in [5, 5.41) is 1.47. The van der Waals surface area contributed by atoms with Gasteiger partial charge in [-0.1, -0.05) is 29.3 Å². The Labute approximate surface area is 109 Å². The second kappa shape index (κ2) is 5.48. The van der Waals surface area contributed by atoms with Gasteiger partial charge in [0.1, 0.15) is 0 Å². The zero-order valence-electron chi connectivity index (χ0n) is 8.28. The van der Waals surface area contributed by atoms with Crippen LogP contribution in [0.25, 0.3) is 0 Å². The first-order valence-electron chi connectivity index (χ1n) is 4.68. The zero-order valence-corrected chi connectivity index (χ0v) is 10.6. The van der Waals surface area contributed by atoms with Crippen LogP contribution in [-0.4, -0.2) is 0 Å². The quantitative estimate of drug-likeness (QED) is 0.777. The van der Waals surface area contributed by atoms with Gasteiger partial charge in [0.05, 0.1) is 0 Å². The van der Waals surface area contributed by atoms with Crippen LogP contribution in [-0.2, 0) is 0 Å². The molecular formula is C12H9Cl2NS. The van der Waals surface area contributed by atoms with E-state index >= 15 is 0 Å². The minimum absolute atomic E-state index is 0.724. The third kappa shape index (κ3) is 3.34. The third-order valence-electron chi connectivity index (χ3n) is 1.92. The predicted molar refractivity (Wildman–Crippen MR) is 72.4 cm³/mol. The van der Waals surface area contributed by atoms with Crippen molar-refractivity contribution in [2.45, 2.75) is 4.90 Å². The van der Waals surface area contributed by atoms with Crippen molar-refractivity contribution in [2.75, 3.05) is 4.72 Å². The third-order valence-corrected chi connectivity index (χ3v) is 3.26. The minimum Gasteiger partial charge on any atom is -0.326 e. The Morgan fingerprint density at radius 2 is 1.62 bits per heavy atom. The molecule has 4 heteroatoms. The summed E-state index contributed by atoms with van der Waals surface area (Å²) < 4.78 is 3.21. The highest BCUT2D eigenvalue weighted by Gasteiger charge is 1.96. The Bertz CT molecular complexity index is 471. The summed E-state index contributed by atoms with van der Waals surface area (Å²) in [6.07, 6.45) is 0. The molecule has 16 heavy (non-hydrogen) atoms. The summed E-state index contributed by atoms with van der Waals surface area (Å²) in [7, 11) is 0. The molecule has 0 heterocycles. The largest absolute Gasteiger partial charge is 0.326 e. The van der Waals surface area contributed by atoms with Crippen LogP contribution in [0.2, 0.25) is 10.0 Å². The molecule has 1 nitrogen and oxygen atoms in total. The van der Waals surface area contributed by atoms with Crippen LogP contribution in [0.3, 0.4) is 0 Å². The van der Waals surface area contributed by atoms with Gasteiger partial charge in [0, 0.05) is 20.6 Å². The SMILES string of the molecule is Clc1ccc(SNc2cccc(Cl)c2)cc1. The summed E-state index contributed by atoms with van der Waals surface area (Å²) in [5.74, 6) is 0. The van der Waals surface area contributed by atoms with Crippen molar-refractivity contribution in [3.63, 3.8) is 0 Å². The lowest BCUT2D eigenvalue weighted by Crippen LogP contribution is -1.85. The average molecular weight is 270 g/mol. The molecule has 0 aliphatic rings. The van der Waals surface area contributed by atoms with Crippen LogP contribution in [0.4, 0.5) is 5.69 Å². The lowest BCUT2D eigenvalue weighted by molar-refractivity contribution is 1.46. The van der Waals surface area contributed by atoms with E-state index in [-0.39, 0.29) is 0 Å². The number of nitrogens with one attached hydrogen (secondary N) is 1. The highest BCUT2D eigenvalue weighted by molar-refractivity contribution is 8.00. The number of hydrogen-bond donors (Lipinski definition) is 1. The molecule has 0 radical (unpaired) electrons. The van der Waals surface area contributed by atoms with E-state index in [9.17, 15) is 0 Å². The fraction of sp³-hybridized carbons (Fsp3) is 0. The Balaban J connectivity index is 1.99. The monoisotopic (exact) mass is 269 g/mol. The van der Waals surface area contributed by atoms with Crippen LogP contribution in [0.5, 0.6) is 0 Å². The maximum atomic E-state index is 5.88. The fourth-order valence-corrected chi connectivity index (χ4v) is 2.12. The number of benzene rings is 2. The molecule has 0 atom stereocenters. The zero-order chi connectivity index (χ0) is 11.4. The van der Waals surface area contributed by atoms with Crippen LogP contribution in [0, 0.1) is 0 Å². The maximum Gasteiger partial charge on any atom is 0.0457 e. The lowest BCUT2D eigenvalue weighted by atomic mass is 10.3. The van der Waals surface area contributed by atoms with Crippen LogP contribution in [0.1, 0.15) is 0 Å². The molecule has 82 valence electrons. The van der Waals surface area contributed by atoms with Crippen LogP contribution in [0.15, 0.2) is 53.4 Å². The molecule has 0 saturated carbocycles. The molecule has 1 N–H and O–H groups in total. The van der Waals surface area contributed by atoms with Gasteiger partial charge in [0.2, 0.25) is 0 Å². The summed E-state index contributed by atoms with van der Waals surface area (Å²) in [6.45, 7) is 0. The van der Waals surface area contributed by atoms with Crippen molar-refractivity contribution < 1.29 is 0 Å². The first kappa shape index (κ1) is 11.6. The molecular weight excluding hydrogens is 261 g/mol. The van der Waals surface area contributed by atoms with E-state index in [4.69, 9.17) is 23.2 Å². The van der Waals surface area contributed by atoms with Gasteiger partial charge < -0.3 is 4.72 Å². The molecule has 0 saturated heterocycles. The molecule has 2 aromatic carbocycles. The molecule has 0 aliphatic carbocycles. The number of hydrogen-bond acceptors (Lipinski definition) is 2. The molecule has 0 bridgehead atoms. The minimum atomic E-state index is 0.724. The van der Waals surface area contributed by atoms with Gasteiger partial charge in [0.15, 0.2) is 0 Å². The van der Waals surface area contributed by atoms with Crippen molar-refractivity contribution in [2.24, 2.45) is 0 Å². The van der Waals surface area contributed by atoms with E-state index in [0.717, 1.165) is 20.6 Å². The van der Waals surface area contributed by atoms with Crippen molar-refractivity contribution in [3.8, 4) is 0 Å². The van der Waals surface area contributed by atoms with E-state index in [1.807, 2.05) is 48.5 Å². The highest BCUT2D eigenvalue weighted by atomic mass is 35.5. The van der Waals surface area contributed by atoms with Gasteiger partial charge in [-0.05, 0) is 54.4 Å². The van der Waals surface area contributed by atoms with Gasteiger partial charge in [0.25, 0.3) is 0 Å².